The number of nitrogens with zero attached hydrogens (tertiary/aromatic N) is 3. The third-order valence-corrected chi connectivity index (χ3v) is 11.9. The van der Waals surface area contributed by atoms with Crippen molar-refractivity contribution in [1.29, 1.82) is 0 Å². The number of anilines is 2. The standard InChI is InChI=1S/C22H29N5Si/c1-15(2)28(16(3)4,17(5)6)13-12-19-20-21(24-14-23-20)27-22(26-19)25-18-10-8-7-9-11-18/h7-11,14-17H,1-6H3,(H2,23,24,25,26,27). The van der Waals surface area contributed by atoms with Crippen LogP contribution in [0.4, 0.5) is 11.6 Å². The van der Waals surface area contributed by atoms with Gasteiger partial charge in [0, 0.05) is 5.69 Å². The fraction of sp³-hybridized carbons (Fsp3) is 0.409. The van der Waals surface area contributed by atoms with E-state index in [1.54, 1.807) is 6.33 Å². The molecule has 3 aromatic rings. The molecule has 0 spiro atoms. The van der Waals surface area contributed by atoms with E-state index in [0.717, 1.165) is 11.2 Å². The molecule has 28 heavy (non-hydrogen) atoms. The zero-order valence-electron chi connectivity index (χ0n) is 17.5. The van der Waals surface area contributed by atoms with Crippen LogP contribution >= 0.6 is 0 Å². The molecule has 0 fully saturated rings. The molecule has 0 unspecified atom stereocenters. The molecule has 2 aromatic heterocycles. The first-order valence-electron chi connectivity index (χ1n) is 9.91. The molecule has 0 saturated carbocycles. The van der Waals surface area contributed by atoms with Crippen LogP contribution in [0.2, 0.25) is 16.6 Å². The van der Waals surface area contributed by atoms with Gasteiger partial charge >= 0.3 is 0 Å². The lowest BCUT2D eigenvalue weighted by Gasteiger charge is -2.38. The molecule has 0 aliphatic carbocycles. The topological polar surface area (TPSA) is 66.5 Å². The smallest absolute Gasteiger partial charge is 0.230 e. The molecular formula is C22H29N5Si. The van der Waals surface area contributed by atoms with Crippen molar-refractivity contribution in [3.05, 3.63) is 42.4 Å². The summed E-state index contributed by atoms with van der Waals surface area (Å²) in [4.78, 5) is 16.7. The molecule has 0 atom stereocenters. The molecule has 0 aliphatic rings. The first-order valence-corrected chi connectivity index (χ1v) is 12.1. The largest absolute Gasteiger partial charge is 0.341 e. The van der Waals surface area contributed by atoms with Gasteiger partial charge in [0.15, 0.2) is 5.65 Å². The van der Waals surface area contributed by atoms with E-state index in [-0.39, 0.29) is 0 Å². The van der Waals surface area contributed by atoms with Crippen LogP contribution < -0.4 is 5.32 Å². The van der Waals surface area contributed by atoms with E-state index in [4.69, 9.17) is 4.98 Å². The summed E-state index contributed by atoms with van der Waals surface area (Å²) in [5, 5.41) is 3.26. The number of rotatable bonds is 5. The second-order valence-electron chi connectivity index (χ2n) is 8.14. The molecule has 0 amide bonds. The molecule has 1 aromatic carbocycles. The number of fused-ring (bicyclic) bond motifs is 1. The molecule has 2 heterocycles. The van der Waals surface area contributed by atoms with Gasteiger partial charge in [0.1, 0.15) is 19.3 Å². The Kier molecular flexibility index (Phi) is 5.85. The van der Waals surface area contributed by atoms with Crippen molar-refractivity contribution in [2.75, 3.05) is 5.32 Å². The number of hydrogen-bond donors (Lipinski definition) is 2. The van der Waals surface area contributed by atoms with Crippen LogP contribution in [0.15, 0.2) is 36.7 Å². The second kappa shape index (κ2) is 8.15. The van der Waals surface area contributed by atoms with Crippen LogP contribution in [0.5, 0.6) is 0 Å². The molecule has 0 aliphatic heterocycles. The Morgan fingerprint density at radius 3 is 2.18 bits per heavy atom. The third-order valence-electron chi connectivity index (χ3n) is 5.58. The number of benzene rings is 1. The van der Waals surface area contributed by atoms with Crippen molar-refractivity contribution >= 4 is 30.9 Å². The summed E-state index contributed by atoms with van der Waals surface area (Å²) >= 11 is 0. The maximum absolute atomic E-state index is 4.70. The van der Waals surface area contributed by atoms with Crippen molar-refractivity contribution in [3.63, 3.8) is 0 Å². The Morgan fingerprint density at radius 2 is 1.57 bits per heavy atom. The SMILES string of the molecule is CC(C)[Si](C#Cc1nc(Nc2ccccc2)nc2nc[nH]c12)(C(C)C)C(C)C. The Labute approximate surface area is 168 Å². The van der Waals surface area contributed by atoms with E-state index in [9.17, 15) is 0 Å². The number of hydrogen-bond acceptors (Lipinski definition) is 4. The lowest BCUT2D eigenvalue weighted by Crippen LogP contribution is -2.43. The van der Waals surface area contributed by atoms with E-state index >= 15 is 0 Å². The Hall–Kier alpha value is -2.65. The maximum atomic E-state index is 4.70. The molecule has 2 N–H and O–H groups in total. The number of aromatic amines is 1. The Bertz CT molecular complexity index is 974. The molecule has 3 rings (SSSR count). The Morgan fingerprint density at radius 1 is 0.929 bits per heavy atom. The highest BCUT2D eigenvalue weighted by atomic mass is 28.3. The number of nitrogens with one attached hydrogen (secondary N) is 2. The zero-order chi connectivity index (χ0) is 20.3. The van der Waals surface area contributed by atoms with Crippen molar-refractivity contribution in [1.82, 2.24) is 19.9 Å². The number of H-pyrrole nitrogens is 1. The van der Waals surface area contributed by atoms with E-state index in [0.29, 0.717) is 33.9 Å². The van der Waals surface area contributed by atoms with Gasteiger partial charge in [0.25, 0.3) is 0 Å². The predicted molar refractivity (Wildman–Crippen MR) is 119 cm³/mol. The zero-order valence-corrected chi connectivity index (χ0v) is 18.5. The first-order chi connectivity index (χ1) is 13.3. The monoisotopic (exact) mass is 391 g/mol. The number of imidazole rings is 1. The number of para-hydroxylation sites is 1. The van der Waals surface area contributed by atoms with Gasteiger partial charge < -0.3 is 10.3 Å². The maximum Gasteiger partial charge on any atom is 0.230 e. The van der Waals surface area contributed by atoms with Crippen LogP contribution in [0, 0.1) is 11.5 Å². The highest BCUT2D eigenvalue weighted by Gasteiger charge is 2.41. The summed E-state index contributed by atoms with van der Waals surface area (Å²) in [6, 6.07) is 9.90. The third kappa shape index (κ3) is 3.81. The van der Waals surface area contributed by atoms with E-state index in [1.165, 1.54) is 0 Å². The Balaban J connectivity index is 2.08. The average Bonchev–Trinajstić information content (AvgIpc) is 3.10. The summed E-state index contributed by atoms with van der Waals surface area (Å²) in [6.07, 6.45) is 1.65. The minimum absolute atomic E-state index is 0.515. The van der Waals surface area contributed by atoms with E-state index in [2.05, 4.69) is 73.3 Å². The number of aromatic nitrogens is 4. The van der Waals surface area contributed by atoms with Crippen molar-refractivity contribution in [3.8, 4) is 11.5 Å². The minimum Gasteiger partial charge on any atom is -0.341 e. The van der Waals surface area contributed by atoms with Gasteiger partial charge in [-0.2, -0.15) is 4.98 Å². The first kappa shape index (κ1) is 20.1. The van der Waals surface area contributed by atoms with Crippen molar-refractivity contribution in [2.45, 2.75) is 58.2 Å². The molecule has 0 radical (unpaired) electrons. The molecule has 146 valence electrons. The van der Waals surface area contributed by atoms with Crippen LogP contribution in [-0.2, 0) is 0 Å². The van der Waals surface area contributed by atoms with Crippen LogP contribution in [0.3, 0.4) is 0 Å². The van der Waals surface area contributed by atoms with Crippen LogP contribution in [0.25, 0.3) is 11.2 Å². The van der Waals surface area contributed by atoms with Gasteiger partial charge in [-0.3, -0.25) is 0 Å². The van der Waals surface area contributed by atoms with Gasteiger partial charge in [-0.1, -0.05) is 65.7 Å². The van der Waals surface area contributed by atoms with Gasteiger partial charge in [0.05, 0.1) is 6.33 Å². The summed E-state index contributed by atoms with van der Waals surface area (Å²) in [5.74, 6) is 3.95. The summed E-state index contributed by atoms with van der Waals surface area (Å²) in [7, 11) is -1.85. The minimum atomic E-state index is -1.85. The van der Waals surface area contributed by atoms with Gasteiger partial charge in [-0.05, 0) is 28.8 Å². The van der Waals surface area contributed by atoms with Crippen LogP contribution in [0.1, 0.15) is 47.2 Å². The second-order valence-corrected chi connectivity index (χ2v) is 13.7. The normalized spacial score (nSPS) is 11.9. The fourth-order valence-electron chi connectivity index (χ4n) is 4.23. The van der Waals surface area contributed by atoms with Gasteiger partial charge in [0.2, 0.25) is 5.95 Å². The lowest BCUT2D eigenvalue weighted by molar-refractivity contribution is 0.838. The molecular weight excluding hydrogens is 362 g/mol. The molecule has 6 heteroatoms. The molecule has 0 saturated heterocycles. The van der Waals surface area contributed by atoms with Gasteiger partial charge in [-0.25, -0.2) is 9.97 Å². The highest BCUT2D eigenvalue weighted by Crippen LogP contribution is 2.40. The molecule has 0 bridgehead atoms. The molecule has 5 nitrogen and oxygen atoms in total. The summed E-state index contributed by atoms with van der Waals surface area (Å²) < 4.78 is 0. The van der Waals surface area contributed by atoms with Gasteiger partial charge in [-0.15, -0.1) is 5.54 Å². The van der Waals surface area contributed by atoms with Crippen molar-refractivity contribution in [2.24, 2.45) is 0 Å². The predicted octanol–water partition coefficient (Wildman–Crippen LogP) is 5.67. The summed E-state index contributed by atoms with van der Waals surface area (Å²) in [5.41, 5.74) is 8.52. The van der Waals surface area contributed by atoms with E-state index in [1.807, 2.05) is 30.3 Å². The summed E-state index contributed by atoms with van der Waals surface area (Å²) in [6.45, 7) is 13.9. The van der Waals surface area contributed by atoms with E-state index < -0.39 is 8.07 Å². The lowest BCUT2D eigenvalue weighted by atomic mass is 10.3. The van der Waals surface area contributed by atoms with Crippen LogP contribution in [-0.4, -0.2) is 28.0 Å². The highest BCUT2D eigenvalue weighted by molar-refractivity contribution is 6.90. The average molecular weight is 392 g/mol. The van der Waals surface area contributed by atoms with Crippen molar-refractivity contribution < 1.29 is 0 Å². The quantitative estimate of drug-likeness (QED) is 0.435. The fourth-order valence-corrected chi connectivity index (χ4v) is 9.43.